The van der Waals surface area contributed by atoms with Gasteiger partial charge in [0.15, 0.2) is 0 Å². The zero-order valence-corrected chi connectivity index (χ0v) is 13.4. The summed E-state index contributed by atoms with van der Waals surface area (Å²) in [5.41, 5.74) is 0.293. The Hall–Kier alpha value is -1.82. The molecule has 22 heavy (non-hydrogen) atoms. The first-order chi connectivity index (χ1) is 10.5. The standard InChI is InChI=1S/C16H25FN2O3/c1-4-16(5-2,8-9-20)11-18-15(21)19-13-7-6-12(17)10-14(13)22-3/h6-7,10,20H,4-5,8-9,11H2,1-3H3,(H2,18,19,21). The fourth-order valence-electron chi connectivity index (χ4n) is 2.38. The van der Waals surface area contributed by atoms with Crippen LogP contribution in [-0.4, -0.2) is 31.4 Å². The summed E-state index contributed by atoms with van der Waals surface area (Å²) in [6, 6.07) is 3.54. The van der Waals surface area contributed by atoms with Crippen LogP contribution in [0.4, 0.5) is 14.9 Å². The van der Waals surface area contributed by atoms with E-state index in [9.17, 15) is 14.3 Å². The number of ether oxygens (including phenoxy) is 1. The Labute approximate surface area is 130 Å². The van der Waals surface area contributed by atoms with Crippen molar-refractivity contribution in [3.63, 3.8) is 0 Å². The lowest BCUT2D eigenvalue weighted by Gasteiger charge is -2.31. The number of aliphatic hydroxyl groups is 1. The number of hydrogen-bond acceptors (Lipinski definition) is 3. The second-order valence-electron chi connectivity index (χ2n) is 5.33. The van der Waals surface area contributed by atoms with Gasteiger partial charge in [0.2, 0.25) is 0 Å². The minimum atomic E-state index is -0.429. The van der Waals surface area contributed by atoms with Crippen molar-refractivity contribution in [2.24, 2.45) is 5.41 Å². The Morgan fingerprint density at radius 3 is 2.59 bits per heavy atom. The fraction of sp³-hybridized carbons (Fsp3) is 0.562. The van der Waals surface area contributed by atoms with Gasteiger partial charge in [0.1, 0.15) is 11.6 Å². The predicted molar refractivity (Wildman–Crippen MR) is 84.7 cm³/mol. The number of methoxy groups -OCH3 is 1. The molecule has 0 aliphatic heterocycles. The van der Waals surface area contributed by atoms with Crippen LogP contribution in [0.3, 0.4) is 0 Å². The summed E-state index contributed by atoms with van der Waals surface area (Å²) >= 11 is 0. The van der Waals surface area contributed by atoms with Crippen LogP contribution in [0.5, 0.6) is 5.75 Å². The van der Waals surface area contributed by atoms with Crippen LogP contribution in [0.2, 0.25) is 0 Å². The Balaban J connectivity index is 2.66. The van der Waals surface area contributed by atoms with Gasteiger partial charge in [0.05, 0.1) is 12.8 Å². The van der Waals surface area contributed by atoms with Gasteiger partial charge in [-0.15, -0.1) is 0 Å². The Morgan fingerprint density at radius 2 is 2.05 bits per heavy atom. The third kappa shape index (κ3) is 4.87. The van der Waals surface area contributed by atoms with Gasteiger partial charge in [-0.2, -0.15) is 0 Å². The fourth-order valence-corrected chi connectivity index (χ4v) is 2.38. The van der Waals surface area contributed by atoms with Gasteiger partial charge >= 0.3 is 6.03 Å². The van der Waals surface area contributed by atoms with Crippen molar-refractivity contribution in [2.45, 2.75) is 33.1 Å². The second-order valence-corrected chi connectivity index (χ2v) is 5.33. The molecule has 0 spiro atoms. The lowest BCUT2D eigenvalue weighted by atomic mass is 9.79. The summed E-state index contributed by atoms with van der Waals surface area (Å²) in [7, 11) is 1.41. The third-order valence-corrected chi connectivity index (χ3v) is 4.18. The van der Waals surface area contributed by atoms with Crippen LogP contribution in [0.1, 0.15) is 33.1 Å². The minimum absolute atomic E-state index is 0.0940. The number of anilines is 1. The Kier molecular flexibility index (Phi) is 7.11. The van der Waals surface area contributed by atoms with Gasteiger partial charge < -0.3 is 20.5 Å². The SMILES string of the molecule is CCC(CC)(CCO)CNC(=O)Nc1ccc(F)cc1OC. The molecule has 0 aliphatic rings. The van der Waals surface area contributed by atoms with Crippen molar-refractivity contribution in [3.8, 4) is 5.75 Å². The maximum Gasteiger partial charge on any atom is 0.319 e. The average Bonchev–Trinajstić information content (AvgIpc) is 2.53. The first-order valence-electron chi connectivity index (χ1n) is 7.49. The molecule has 124 valence electrons. The van der Waals surface area contributed by atoms with Crippen molar-refractivity contribution < 1.29 is 19.0 Å². The van der Waals surface area contributed by atoms with E-state index >= 15 is 0 Å². The molecule has 0 aromatic heterocycles. The molecular formula is C16H25FN2O3. The van der Waals surface area contributed by atoms with Crippen LogP contribution < -0.4 is 15.4 Å². The normalized spacial score (nSPS) is 11.1. The highest BCUT2D eigenvalue weighted by molar-refractivity contribution is 5.90. The van der Waals surface area contributed by atoms with Crippen molar-refractivity contribution in [1.82, 2.24) is 5.32 Å². The van der Waals surface area contributed by atoms with Gasteiger partial charge in [-0.05, 0) is 36.8 Å². The molecule has 0 saturated heterocycles. The Morgan fingerprint density at radius 1 is 1.36 bits per heavy atom. The van der Waals surface area contributed by atoms with Crippen molar-refractivity contribution >= 4 is 11.7 Å². The van der Waals surface area contributed by atoms with Crippen LogP contribution >= 0.6 is 0 Å². The first-order valence-corrected chi connectivity index (χ1v) is 7.49. The van der Waals surface area contributed by atoms with E-state index in [0.29, 0.717) is 18.7 Å². The largest absolute Gasteiger partial charge is 0.494 e. The molecule has 0 saturated carbocycles. The highest BCUT2D eigenvalue weighted by Crippen LogP contribution is 2.29. The molecule has 0 unspecified atom stereocenters. The molecule has 0 fully saturated rings. The van der Waals surface area contributed by atoms with Gasteiger partial charge in [-0.3, -0.25) is 0 Å². The number of carbonyl (C=O) groups is 1. The molecular weight excluding hydrogens is 287 g/mol. The van der Waals surface area contributed by atoms with E-state index < -0.39 is 5.82 Å². The molecule has 5 nitrogen and oxygen atoms in total. The zero-order valence-electron chi connectivity index (χ0n) is 13.4. The monoisotopic (exact) mass is 312 g/mol. The van der Waals surface area contributed by atoms with Crippen molar-refractivity contribution in [2.75, 3.05) is 25.6 Å². The minimum Gasteiger partial charge on any atom is -0.494 e. The topological polar surface area (TPSA) is 70.6 Å². The Bertz CT molecular complexity index is 490. The maximum atomic E-state index is 13.1. The smallest absolute Gasteiger partial charge is 0.319 e. The number of hydrogen-bond donors (Lipinski definition) is 3. The molecule has 0 atom stereocenters. The number of halogens is 1. The van der Waals surface area contributed by atoms with Gasteiger partial charge in [-0.1, -0.05) is 13.8 Å². The van der Waals surface area contributed by atoms with Gasteiger partial charge in [-0.25, -0.2) is 9.18 Å². The van der Waals surface area contributed by atoms with Gasteiger partial charge in [0.25, 0.3) is 0 Å². The van der Waals surface area contributed by atoms with Crippen LogP contribution in [-0.2, 0) is 0 Å². The molecule has 0 radical (unpaired) electrons. The van der Waals surface area contributed by atoms with E-state index in [1.165, 1.54) is 25.3 Å². The maximum absolute atomic E-state index is 13.1. The number of rotatable bonds is 8. The molecule has 1 aromatic carbocycles. The summed E-state index contributed by atoms with van der Waals surface area (Å²) in [6.07, 6.45) is 2.37. The van der Waals surface area contributed by atoms with Crippen LogP contribution in [0, 0.1) is 11.2 Å². The van der Waals surface area contributed by atoms with Gasteiger partial charge in [0, 0.05) is 19.2 Å². The lowest BCUT2D eigenvalue weighted by Crippen LogP contribution is -2.39. The molecule has 1 rings (SSSR count). The highest BCUT2D eigenvalue weighted by atomic mass is 19.1. The number of urea groups is 1. The second kappa shape index (κ2) is 8.58. The molecule has 6 heteroatoms. The van der Waals surface area contributed by atoms with E-state index in [4.69, 9.17) is 4.74 Å². The number of amides is 2. The molecule has 3 N–H and O–H groups in total. The number of nitrogens with one attached hydrogen (secondary N) is 2. The van der Waals surface area contributed by atoms with E-state index in [1.807, 2.05) is 13.8 Å². The predicted octanol–water partition coefficient (Wildman–Crippen LogP) is 3.14. The molecule has 1 aromatic rings. The number of benzene rings is 1. The van der Waals surface area contributed by atoms with E-state index in [0.717, 1.165) is 12.8 Å². The summed E-state index contributed by atoms with van der Waals surface area (Å²) in [4.78, 5) is 12.0. The summed E-state index contributed by atoms with van der Waals surface area (Å²) in [5, 5.41) is 14.6. The summed E-state index contributed by atoms with van der Waals surface area (Å²) < 4.78 is 18.2. The lowest BCUT2D eigenvalue weighted by molar-refractivity contribution is 0.165. The van der Waals surface area contributed by atoms with E-state index in [2.05, 4.69) is 10.6 Å². The third-order valence-electron chi connectivity index (χ3n) is 4.18. The zero-order chi connectivity index (χ0) is 16.6. The highest BCUT2D eigenvalue weighted by Gasteiger charge is 2.26. The van der Waals surface area contributed by atoms with Crippen LogP contribution in [0.15, 0.2) is 18.2 Å². The first kappa shape index (κ1) is 18.2. The molecule has 0 heterocycles. The van der Waals surface area contributed by atoms with E-state index in [-0.39, 0.29) is 23.8 Å². The molecule has 0 bridgehead atoms. The summed E-state index contributed by atoms with van der Waals surface area (Å²) in [5.74, 6) is -0.163. The molecule has 2 amide bonds. The van der Waals surface area contributed by atoms with Crippen molar-refractivity contribution in [3.05, 3.63) is 24.0 Å². The molecule has 0 aliphatic carbocycles. The number of carbonyl (C=O) groups excluding carboxylic acids is 1. The summed E-state index contributed by atoms with van der Waals surface area (Å²) in [6.45, 7) is 4.65. The van der Waals surface area contributed by atoms with Crippen LogP contribution in [0.25, 0.3) is 0 Å². The number of aliphatic hydroxyl groups excluding tert-OH is 1. The van der Waals surface area contributed by atoms with E-state index in [1.54, 1.807) is 0 Å². The average molecular weight is 312 g/mol. The quantitative estimate of drug-likeness (QED) is 0.690. The van der Waals surface area contributed by atoms with Crippen molar-refractivity contribution in [1.29, 1.82) is 0 Å².